The fraction of sp³-hybridized carbons (Fsp3) is 0.929. The van der Waals surface area contributed by atoms with Crippen LogP contribution >= 0.6 is 12.4 Å². The van der Waals surface area contributed by atoms with Crippen LogP contribution in [0.1, 0.15) is 52.4 Å². The molecule has 0 spiro atoms. The molecule has 4 heteroatoms. The van der Waals surface area contributed by atoms with E-state index < -0.39 is 0 Å². The SMILES string of the molecule is CC1CCC(NC(=O)C2(C)CCCNC2)CC1.Cl. The van der Waals surface area contributed by atoms with Crippen molar-refractivity contribution in [2.24, 2.45) is 11.3 Å². The Labute approximate surface area is 117 Å². The third kappa shape index (κ3) is 3.86. The average Bonchev–Trinajstić information content (AvgIpc) is 2.33. The van der Waals surface area contributed by atoms with Crippen molar-refractivity contribution in [1.82, 2.24) is 10.6 Å². The third-order valence-corrected chi connectivity index (χ3v) is 4.50. The molecular weight excluding hydrogens is 248 g/mol. The first-order valence-corrected chi connectivity index (χ1v) is 7.12. The summed E-state index contributed by atoms with van der Waals surface area (Å²) in [5.41, 5.74) is -0.179. The van der Waals surface area contributed by atoms with E-state index in [1.165, 1.54) is 12.8 Å². The number of hydrogen-bond acceptors (Lipinski definition) is 2. The Morgan fingerprint density at radius 3 is 2.50 bits per heavy atom. The predicted octanol–water partition coefficient (Wildman–Crippen LogP) is 2.49. The van der Waals surface area contributed by atoms with E-state index in [2.05, 4.69) is 24.5 Å². The minimum Gasteiger partial charge on any atom is -0.353 e. The van der Waals surface area contributed by atoms with Gasteiger partial charge in [-0.25, -0.2) is 0 Å². The number of carbonyl (C=O) groups excluding carboxylic acids is 1. The Hall–Kier alpha value is -0.280. The Morgan fingerprint density at radius 2 is 1.94 bits per heavy atom. The number of hydrogen-bond donors (Lipinski definition) is 2. The molecule has 1 aliphatic heterocycles. The quantitative estimate of drug-likeness (QED) is 0.812. The summed E-state index contributed by atoms with van der Waals surface area (Å²) in [5.74, 6) is 1.11. The van der Waals surface area contributed by atoms with Gasteiger partial charge in [-0.05, 0) is 57.9 Å². The molecule has 0 aromatic heterocycles. The molecule has 1 aliphatic carbocycles. The van der Waals surface area contributed by atoms with Crippen LogP contribution in [-0.2, 0) is 4.79 Å². The van der Waals surface area contributed by atoms with Gasteiger partial charge >= 0.3 is 0 Å². The van der Waals surface area contributed by atoms with Gasteiger partial charge in [0.25, 0.3) is 0 Å². The molecule has 2 rings (SSSR count). The summed E-state index contributed by atoms with van der Waals surface area (Å²) in [6, 6.07) is 0.428. The molecule has 1 amide bonds. The Kier molecular flexibility index (Phi) is 5.93. The van der Waals surface area contributed by atoms with Gasteiger partial charge in [0.15, 0.2) is 0 Å². The maximum Gasteiger partial charge on any atom is 0.227 e. The number of carbonyl (C=O) groups is 1. The molecule has 1 atom stereocenters. The van der Waals surface area contributed by atoms with E-state index in [1.807, 2.05) is 0 Å². The first-order chi connectivity index (χ1) is 8.10. The summed E-state index contributed by atoms with van der Waals surface area (Å²) in [4.78, 5) is 12.3. The lowest BCUT2D eigenvalue weighted by Crippen LogP contribution is -2.51. The van der Waals surface area contributed by atoms with E-state index >= 15 is 0 Å². The number of halogens is 1. The van der Waals surface area contributed by atoms with Crippen molar-refractivity contribution in [2.75, 3.05) is 13.1 Å². The van der Waals surface area contributed by atoms with E-state index in [0.29, 0.717) is 6.04 Å². The molecule has 0 aromatic carbocycles. The van der Waals surface area contributed by atoms with E-state index in [9.17, 15) is 4.79 Å². The zero-order valence-electron chi connectivity index (χ0n) is 11.6. The lowest BCUT2D eigenvalue weighted by molar-refractivity contribution is -0.132. The Morgan fingerprint density at radius 1 is 1.28 bits per heavy atom. The molecule has 0 radical (unpaired) electrons. The highest BCUT2D eigenvalue weighted by Crippen LogP contribution is 2.28. The minimum atomic E-state index is -0.179. The van der Waals surface area contributed by atoms with Crippen LogP contribution in [0, 0.1) is 11.3 Å². The second-order valence-electron chi connectivity index (χ2n) is 6.27. The highest BCUT2D eigenvalue weighted by Gasteiger charge is 2.35. The molecule has 1 saturated heterocycles. The summed E-state index contributed by atoms with van der Waals surface area (Å²) >= 11 is 0. The maximum atomic E-state index is 12.3. The summed E-state index contributed by atoms with van der Waals surface area (Å²) in [6.07, 6.45) is 6.99. The molecule has 2 aliphatic rings. The van der Waals surface area contributed by atoms with Gasteiger partial charge < -0.3 is 10.6 Å². The number of amides is 1. The monoisotopic (exact) mass is 274 g/mol. The third-order valence-electron chi connectivity index (χ3n) is 4.50. The highest BCUT2D eigenvalue weighted by molar-refractivity contribution is 5.85. The summed E-state index contributed by atoms with van der Waals surface area (Å²) in [5, 5.41) is 6.61. The van der Waals surface area contributed by atoms with Gasteiger partial charge in [-0.2, -0.15) is 0 Å². The second-order valence-corrected chi connectivity index (χ2v) is 6.27. The van der Waals surface area contributed by atoms with Crippen LogP contribution in [0.2, 0.25) is 0 Å². The van der Waals surface area contributed by atoms with E-state index in [-0.39, 0.29) is 23.7 Å². The smallest absolute Gasteiger partial charge is 0.227 e. The molecular formula is C14H27ClN2O. The summed E-state index contributed by atoms with van der Waals surface area (Å²) < 4.78 is 0. The molecule has 1 heterocycles. The minimum absolute atomic E-state index is 0. The Balaban J connectivity index is 0.00000162. The first-order valence-electron chi connectivity index (χ1n) is 7.12. The zero-order chi connectivity index (χ0) is 12.3. The van der Waals surface area contributed by atoms with Crippen LogP contribution in [0.25, 0.3) is 0 Å². The van der Waals surface area contributed by atoms with Crippen LogP contribution in [0.4, 0.5) is 0 Å². The van der Waals surface area contributed by atoms with Crippen LogP contribution in [0.5, 0.6) is 0 Å². The topological polar surface area (TPSA) is 41.1 Å². The molecule has 18 heavy (non-hydrogen) atoms. The molecule has 106 valence electrons. The van der Waals surface area contributed by atoms with Crippen LogP contribution in [0.15, 0.2) is 0 Å². The van der Waals surface area contributed by atoms with E-state index in [1.54, 1.807) is 0 Å². The summed E-state index contributed by atoms with van der Waals surface area (Å²) in [7, 11) is 0. The van der Waals surface area contributed by atoms with Crippen molar-refractivity contribution < 1.29 is 4.79 Å². The maximum absolute atomic E-state index is 12.3. The second kappa shape index (κ2) is 6.76. The van der Waals surface area contributed by atoms with Gasteiger partial charge in [-0.3, -0.25) is 4.79 Å². The van der Waals surface area contributed by atoms with Crippen molar-refractivity contribution in [3.8, 4) is 0 Å². The van der Waals surface area contributed by atoms with Gasteiger partial charge in [0.1, 0.15) is 0 Å². The van der Waals surface area contributed by atoms with Crippen LogP contribution in [0.3, 0.4) is 0 Å². The van der Waals surface area contributed by atoms with E-state index in [0.717, 1.165) is 44.7 Å². The van der Waals surface area contributed by atoms with Gasteiger partial charge in [0, 0.05) is 12.6 Å². The van der Waals surface area contributed by atoms with Gasteiger partial charge in [0.05, 0.1) is 5.41 Å². The van der Waals surface area contributed by atoms with Gasteiger partial charge in [-0.1, -0.05) is 6.92 Å². The number of nitrogens with one attached hydrogen (secondary N) is 2. The molecule has 1 saturated carbocycles. The lowest BCUT2D eigenvalue weighted by Gasteiger charge is -2.35. The molecule has 0 bridgehead atoms. The number of rotatable bonds is 2. The first kappa shape index (κ1) is 15.8. The van der Waals surface area contributed by atoms with Crippen molar-refractivity contribution in [3.63, 3.8) is 0 Å². The normalized spacial score (nSPS) is 36.6. The molecule has 2 fully saturated rings. The predicted molar refractivity (Wildman–Crippen MR) is 77.0 cm³/mol. The standard InChI is InChI=1S/C14H26N2O.ClH/c1-11-4-6-12(7-5-11)16-13(17)14(2)8-3-9-15-10-14;/h11-12,15H,3-10H2,1-2H3,(H,16,17);1H. The van der Waals surface area contributed by atoms with Gasteiger partial charge in [-0.15, -0.1) is 12.4 Å². The molecule has 2 N–H and O–H groups in total. The van der Waals surface area contributed by atoms with Gasteiger partial charge in [0.2, 0.25) is 5.91 Å². The Bertz CT molecular complexity index is 269. The molecule has 1 unspecified atom stereocenters. The van der Waals surface area contributed by atoms with Crippen molar-refractivity contribution in [1.29, 1.82) is 0 Å². The largest absolute Gasteiger partial charge is 0.353 e. The lowest BCUT2D eigenvalue weighted by atomic mass is 9.80. The number of piperidine rings is 1. The molecule has 0 aromatic rings. The zero-order valence-corrected chi connectivity index (χ0v) is 12.4. The van der Waals surface area contributed by atoms with Crippen LogP contribution < -0.4 is 10.6 Å². The van der Waals surface area contributed by atoms with Crippen molar-refractivity contribution in [3.05, 3.63) is 0 Å². The highest BCUT2D eigenvalue weighted by atomic mass is 35.5. The van der Waals surface area contributed by atoms with Crippen molar-refractivity contribution in [2.45, 2.75) is 58.4 Å². The van der Waals surface area contributed by atoms with Crippen molar-refractivity contribution >= 4 is 18.3 Å². The summed E-state index contributed by atoms with van der Waals surface area (Å²) in [6.45, 7) is 6.30. The average molecular weight is 275 g/mol. The molecule has 3 nitrogen and oxygen atoms in total. The van der Waals surface area contributed by atoms with E-state index in [4.69, 9.17) is 0 Å². The van der Waals surface area contributed by atoms with Crippen LogP contribution in [-0.4, -0.2) is 25.0 Å². The fourth-order valence-electron chi connectivity index (χ4n) is 3.01. The fourth-order valence-corrected chi connectivity index (χ4v) is 3.01.